The summed E-state index contributed by atoms with van der Waals surface area (Å²) >= 11 is 0. The molecule has 2 heterocycles. The maximum atomic E-state index is 2.49. The van der Waals surface area contributed by atoms with Gasteiger partial charge in [0.25, 0.3) is 0 Å². The molecular weight excluding hydrogens is 763 g/mol. The summed E-state index contributed by atoms with van der Waals surface area (Å²) in [6, 6.07) is 90.2. The number of aromatic nitrogens is 2. The van der Waals surface area contributed by atoms with Crippen LogP contribution in [-0.4, -0.2) is 9.13 Å². The van der Waals surface area contributed by atoms with Gasteiger partial charge < -0.3 is 14.0 Å². The zero-order valence-corrected chi connectivity index (χ0v) is 34.5. The monoisotopic (exact) mass is 803 g/mol. The van der Waals surface area contributed by atoms with Crippen LogP contribution in [0.25, 0.3) is 88.4 Å². The molecule has 0 aliphatic heterocycles. The highest BCUT2D eigenvalue weighted by Crippen LogP contribution is 2.48. The molecule has 0 unspecified atom stereocenters. The molecule has 0 aliphatic rings. The topological polar surface area (TPSA) is 13.1 Å². The van der Waals surface area contributed by atoms with Crippen LogP contribution in [0.4, 0.5) is 17.1 Å². The highest BCUT2D eigenvalue weighted by atomic mass is 15.2. The Labute approximate surface area is 366 Å². The first kappa shape index (κ1) is 36.5. The second-order valence-electron chi connectivity index (χ2n) is 16.1. The lowest BCUT2D eigenvalue weighted by atomic mass is 9.88. The van der Waals surface area contributed by atoms with Gasteiger partial charge in [-0.3, -0.25) is 0 Å². The zero-order chi connectivity index (χ0) is 41.7. The van der Waals surface area contributed by atoms with Gasteiger partial charge in [0.2, 0.25) is 0 Å². The van der Waals surface area contributed by atoms with Gasteiger partial charge in [-0.2, -0.15) is 0 Å². The summed E-state index contributed by atoms with van der Waals surface area (Å²) in [6.45, 7) is 0. The SMILES string of the molecule is c1ccc(-c2ccccc2-c2ccccc2-c2ccccc2N(c2ccc3c(c2)c2ccccc2n3-c2ccccc2)c2ccccc2-n2c3ccccc3c3ccccc32)cc1. The average Bonchev–Trinajstić information content (AvgIpc) is 3.88. The van der Waals surface area contributed by atoms with Crippen molar-refractivity contribution in [3.63, 3.8) is 0 Å². The molecule has 0 spiro atoms. The fraction of sp³-hybridized carbons (Fsp3) is 0. The van der Waals surface area contributed by atoms with Crippen LogP contribution in [-0.2, 0) is 0 Å². The van der Waals surface area contributed by atoms with Crippen molar-refractivity contribution in [3.05, 3.63) is 249 Å². The molecule has 12 aromatic rings. The lowest BCUT2D eigenvalue weighted by molar-refractivity contribution is 1.15. The largest absolute Gasteiger partial charge is 0.309 e. The number of nitrogens with zero attached hydrogens (tertiary/aromatic N) is 3. The molecule has 0 N–H and O–H groups in total. The third kappa shape index (κ3) is 6.05. The molecule has 12 rings (SSSR count). The van der Waals surface area contributed by atoms with Crippen molar-refractivity contribution in [2.45, 2.75) is 0 Å². The summed E-state index contributed by atoms with van der Waals surface area (Å²) in [7, 11) is 0. The van der Waals surface area contributed by atoms with E-state index >= 15 is 0 Å². The molecule has 3 heteroatoms. The lowest BCUT2D eigenvalue weighted by Gasteiger charge is -2.31. The van der Waals surface area contributed by atoms with Crippen molar-refractivity contribution in [1.29, 1.82) is 0 Å². The number of hydrogen-bond acceptors (Lipinski definition) is 1. The maximum absolute atomic E-state index is 2.49. The Morgan fingerprint density at radius 2 is 0.698 bits per heavy atom. The Hall–Kier alpha value is -8.40. The quantitative estimate of drug-likeness (QED) is 0.149. The van der Waals surface area contributed by atoms with Gasteiger partial charge in [-0.05, 0) is 94.5 Å². The third-order valence-electron chi connectivity index (χ3n) is 12.5. The highest BCUT2D eigenvalue weighted by Gasteiger charge is 2.25. The van der Waals surface area contributed by atoms with Gasteiger partial charge in [0.1, 0.15) is 0 Å². The Morgan fingerprint density at radius 3 is 1.35 bits per heavy atom. The van der Waals surface area contributed by atoms with Crippen LogP contribution >= 0.6 is 0 Å². The zero-order valence-electron chi connectivity index (χ0n) is 34.5. The van der Waals surface area contributed by atoms with E-state index in [0.29, 0.717) is 0 Å². The summed E-state index contributed by atoms with van der Waals surface area (Å²) in [5, 5.41) is 4.87. The highest BCUT2D eigenvalue weighted by molar-refractivity contribution is 6.12. The predicted octanol–water partition coefficient (Wildman–Crippen LogP) is 16.4. The molecular formula is C60H41N3. The van der Waals surface area contributed by atoms with Gasteiger partial charge >= 0.3 is 0 Å². The van der Waals surface area contributed by atoms with Crippen LogP contribution in [0, 0.1) is 0 Å². The summed E-state index contributed by atoms with van der Waals surface area (Å²) in [4.78, 5) is 2.49. The smallest absolute Gasteiger partial charge is 0.0702 e. The molecule has 3 nitrogen and oxygen atoms in total. The van der Waals surface area contributed by atoms with Gasteiger partial charge in [0.05, 0.1) is 39.1 Å². The lowest BCUT2D eigenvalue weighted by Crippen LogP contribution is -2.14. The second kappa shape index (κ2) is 15.3. The Bertz CT molecular complexity index is 3580. The molecule has 0 amide bonds. The van der Waals surface area contributed by atoms with Crippen LogP contribution in [0.3, 0.4) is 0 Å². The van der Waals surface area contributed by atoms with E-state index in [9.17, 15) is 0 Å². The summed E-state index contributed by atoms with van der Waals surface area (Å²) < 4.78 is 4.83. The molecule has 0 atom stereocenters. The van der Waals surface area contributed by atoms with Gasteiger partial charge in [-0.15, -0.1) is 0 Å². The summed E-state index contributed by atoms with van der Waals surface area (Å²) in [5.41, 5.74) is 17.2. The first-order chi connectivity index (χ1) is 31.3. The Morgan fingerprint density at radius 1 is 0.270 bits per heavy atom. The molecule has 2 aromatic heterocycles. The van der Waals surface area contributed by atoms with Crippen molar-refractivity contribution in [3.8, 4) is 44.8 Å². The maximum Gasteiger partial charge on any atom is 0.0702 e. The van der Waals surface area contributed by atoms with E-state index in [4.69, 9.17) is 0 Å². The predicted molar refractivity (Wildman–Crippen MR) is 266 cm³/mol. The van der Waals surface area contributed by atoms with Crippen molar-refractivity contribution in [1.82, 2.24) is 9.13 Å². The van der Waals surface area contributed by atoms with Gasteiger partial charge in [-0.25, -0.2) is 0 Å². The molecule has 0 bridgehead atoms. The van der Waals surface area contributed by atoms with E-state index < -0.39 is 0 Å². The molecule has 10 aromatic carbocycles. The Balaban J connectivity index is 1.15. The number of fused-ring (bicyclic) bond motifs is 6. The molecule has 0 radical (unpaired) electrons. The first-order valence-electron chi connectivity index (χ1n) is 21.6. The third-order valence-corrected chi connectivity index (χ3v) is 12.5. The fourth-order valence-corrected chi connectivity index (χ4v) is 9.82. The van der Waals surface area contributed by atoms with E-state index in [-0.39, 0.29) is 0 Å². The van der Waals surface area contributed by atoms with E-state index in [1.165, 1.54) is 60.3 Å². The minimum Gasteiger partial charge on any atom is -0.309 e. The van der Waals surface area contributed by atoms with E-state index in [1.54, 1.807) is 0 Å². The second-order valence-corrected chi connectivity index (χ2v) is 16.1. The van der Waals surface area contributed by atoms with Crippen LogP contribution in [0.1, 0.15) is 0 Å². The number of benzene rings is 10. The molecule has 0 saturated carbocycles. The average molecular weight is 804 g/mol. The van der Waals surface area contributed by atoms with Crippen LogP contribution in [0.2, 0.25) is 0 Å². The number of para-hydroxylation sites is 7. The molecule has 296 valence electrons. The number of hydrogen-bond donors (Lipinski definition) is 0. The first-order valence-corrected chi connectivity index (χ1v) is 21.6. The van der Waals surface area contributed by atoms with E-state index in [2.05, 4.69) is 263 Å². The van der Waals surface area contributed by atoms with Crippen LogP contribution in [0.15, 0.2) is 249 Å². The molecule has 63 heavy (non-hydrogen) atoms. The summed E-state index contributed by atoms with van der Waals surface area (Å²) in [5.74, 6) is 0. The van der Waals surface area contributed by atoms with Gasteiger partial charge in [0.15, 0.2) is 0 Å². The van der Waals surface area contributed by atoms with Crippen LogP contribution < -0.4 is 4.90 Å². The number of anilines is 3. The van der Waals surface area contributed by atoms with E-state index in [0.717, 1.165) is 45.1 Å². The van der Waals surface area contributed by atoms with Crippen molar-refractivity contribution >= 4 is 60.7 Å². The minimum absolute atomic E-state index is 1.07. The molecule has 0 saturated heterocycles. The normalized spacial score (nSPS) is 11.5. The van der Waals surface area contributed by atoms with E-state index in [1.807, 2.05) is 0 Å². The number of rotatable bonds is 8. The standard InChI is InChI=1S/C60H41N3/c1-3-21-42(22-4-1)45-25-7-8-26-46(45)47-27-9-10-28-48(47)49-29-11-15-33-54(49)62(44-39-40-58-53(41-44)52-32-14-16-34-55(52)61(58)43-23-5-2-6-24-43)59-37-19-20-38-60(59)63-56-35-17-12-30-50(56)51-31-13-18-36-57(51)63/h1-41H. The summed E-state index contributed by atoms with van der Waals surface area (Å²) in [6.07, 6.45) is 0. The van der Waals surface area contributed by atoms with Crippen molar-refractivity contribution in [2.24, 2.45) is 0 Å². The molecule has 0 fully saturated rings. The van der Waals surface area contributed by atoms with Crippen LogP contribution in [0.5, 0.6) is 0 Å². The van der Waals surface area contributed by atoms with Gasteiger partial charge in [0, 0.05) is 38.5 Å². The molecule has 0 aliphatic carbocycles. The van der Waals surface area contributed by atoms with Crippen molar-refractivity contribution in [2.75, 3.05) is 4.90 Å². The minimum atomic E-state index is 1.07. The van der Waals surface area contributed by atoms with Crippen molar-refractivity contribution < 1.29 is 0 Å². The van der Waals surface area contributed by atoms with Gasteiger partial charge in [-0.1, -0.05) is 182 Å². The fourth-order valence-electron chi connectivity index (χ4n) is 9.82. The Kier molecular flexibility index (Phi) is 8.83.